The van der Waals surface area contributed by atoms with Crippen LogP contribution in [0.1, 0.15) is 20.8 Å². The first kappa shape index (κ1) is 13.5. The van der Waals surface area contributed by atoms with Crippen molar-refractivity contribution in [2.24, 2.45) is 17.3 Å². The maximum Gasteiger partial charge on any atom is 0.307 e. The number of hydrogen-bond acceptors (Lipinski definition) is 3. The molecule has 6 heteroatoms. The Morgan fingerprint density at radius 3 is 2.12 bits per heavy atom. The van der Waals surface area contributed by atoms with E-state index in [1.807, 2.05) is 0 Å². The fraction of sp³-hybridized carbons (Fsp3) is 0.727. The number of carbonyl (C=O) groups is 3. The number of nitrogens with one attached hydrogen (secondary N) is 2. The van der Waals surface area contributed by atoms with E-state index in [0.29, 0.717) is 0 Å². The highest BCUT2D eigenvalue weighted by atomic mass is 16.4. The first-order chi connectivity index (χ1) is 7.73. The Morgan fingerprint density at radius 2 is 1.76 bits per heavy atom. The average molecular weight is 242 g/mol. The zero-order valence-corrected chi connectivity index (χ0v) is 10.4. The summed E-state index contributed by atoms with van der Waals surface area (Å²) >= 11 is 0. The van der Waals surface area contributed by atoms with Gasteiger partial charge in [-0.05, 0) is 12.3 Å². The summed E-state index contributed by atoms with van der Waals surface area (Å²) in [6.45, 7) is 5.03. The van der Waals surface area contributed by atoms with E-state index < -0.39 is 29.3 Å². The van der Waals surface area contributed by atoms with Gasteiger partial charge >= 0.3 is 5.97 Å². The minimum atomic E-state index is -0.970. The van der Waals surface area contributed by atoms with Gasteiger partial charge in [-0.1, -0.05) is 13.8 Å². The molecule has 1 aliphatic rings. The van der Waals surface area contributed by atoms with E-state index in [1.165, 1.54) is 7.05 Å². The van der Waals surface area contributed by atoms with E-state index >= 15 is 0 Å². The molecule has 1 aliphatic carbocycles. The highest BCUT2D eigenvalue weighted by molar-refractivity contribution is 5.94. The van der Waals surface area contributed by atoms with Crippen molar-refractivity contribution in [3.8, 4) is 0 Å². The van der Waals surface area contributed by atoms with Crippen molar-refractivity contribution in [3.63, 3.8) is 0 Å². The quantitative estimate of drug-likeness (QED) is 0.624. The molecule has 2 amide bonds. The normalized spacial score (nSPS) is 26.8. The minimum absolute atomic E-state index is 0.302. The summed E-state index contributed by atoms with van der Waals surface area (Å²) in [6.07, 6.45) is 0. The Hall–Kier alpha value is -1.59. The maximum absolute atomic E-state index is 11.8. The molecule has 1 saturated carbocycles. The van der Waals surface area contributed by atoms with Crippen molar-refractivity contribution in [2.45, 2.75) is 26.8 Å². The molecule has 0 aromatic heterocycles. The molecule has 0 saturated heterocycles. The second-order valence-corrected chi connectivity index (χ2v) is 4.96. The van der Waals surface area contributed by atoms with E-state index in [2.05, 4.69) is 10.6 Å². The summed E-state index contributed by atoms with van der Waals surface area (Å²) in [5.74, 6) is -2.88. The molecule has 3 N–H and O–H groups in total. The Labute approximate surface area is 99.8 Å². The van der Waals surface area contributed by atoms with Crippen LogP contribution in [0, 0.1) is 17.3 Å². The molecule has 0 aliphatic heterocycles. The van der Waals surface area contributed by atoms with Gasteiger partial charge in [0.15, 0.2) is 0 Å². The number of carbonyl (C=O) groups excluding carboxylic acids is 2. The van der Waals surface area contributed by atoms with E-state index in [-0.39, 0.29) is 11.8 Å². The number of rotatable bonds is 4. The molecule has 1 unspecified atom stereocenters. The topological polar surface area (TPSA) is 95.5 Å². The molecule has 0 aromatic rings. The number of hydrogen-bond donors (Lipinski definition) is 3. The van der Waals surface area contributed by atoms with Crippen LogP contribution in [0.15, 0.2) is 0 Å². The van der Waals surface area contributed by atoms with Gasteiger partial charge < -0.3 is 15.7 Å². The van der Waals surface area contributed by atoms with E-state index in [0.717, 1.165) is 0 Å². The number of carboxylic acid groups (broad SMARTS) is 1. The fourth-order valence-electron chi connectivity index (χ4n) is 2.17. The minimum Gasteiger partial charge on any atom is -0.481 e. The molecule has 0 aromatic carbocycles. The predicted molar refractivity (Wildman–Crippen MR) is 60.1 cm³/mol. The summed E-state index contributed by atoms with van der Waals surface area (Å²) in [4.78, 5) is 33.9. The smallest absolute Gasteiger partial charge is 0.307 e. The van der Waals surface area contributed by atoms with E-state index in [4.69, 9.17) is 5.11 Å². The third-order valence-electron chi connectivity index (χ3n) is 3.37. The second kappa shape index (κ2) is 4.35. The zero-order chi connectivity index (χ0) is 13.4. The van der Waals surface area contributed by atoms with Crippen LogP contribution in [0.3, 0.4) is 0 Å². The SMILES string of the molecule is CNC(=O)C(C)NC(=O)[C@H]1[C@@H](C(=O)O)C1(C)C. The lowest BCUT2D eigenvalue weighted by molar-refractivity contribution is -0.140. The van der Waals surface area contributed by atoms with Gasteiger partial charge in [0.05, 0.1) is 11.8 Å². The van der Waals surface area contributed by atoms with Gasteiger partial charge in [0.1, 0.15) is 6.04 Å². The van der Waals surface area contributed by atoms with Crippen molar-refractivity contribution in [1.82, 2.24) is 10.6 Å². The molecule has 1 fully saturated rings. The molecule has 17 heavy (non-hydrogen) atoms. The zero-order valence-electron chi connectivity index (χ0n) is 10.4. The van der Waals surface area contributed by atoms with Gasteiger partial charge in [0.2, 0.25) is 11.8 Å². The second-order valence-electron chi connectivity index (χ2n) is 4.96. The van der Waals surface area contributed by atoms with Crippen molar-refractivity contribution in [3.05, 3.63) is 0 Å². The van der Waals surface area contributed by atoms with Crippen LogP contribution >= 0.6 is 0 Å². The monoisotopic (exact) mass is 242 g/mol. The first-order valence-corrected chi connectivity index (χ1v) is 5.48. The molecular weight excluding hydrogens is 224 g/mol. The standard InChI is InChI=1S/C11H18N2O4/c1-5(8(14)12-4)13-9(15)6-7(10(16)17)11(6,2)3/h5-7H,1-4H3,(H,12,14)(H,13,15)(H,16,17)/t5?,6-,7+/m1/s1. The van der Waals surface area contributed by atoms with Crippen LogP contribution in [-0.4, -0.2) is 36.0 Å². The first-order valence-electron chi connectivity index (χ1n) is 5.48. The maximum atomic E-state index is 11.8. The van der Waals surface area contributed by atoms with Crippen LogP contribution in [0.5, 0.6) is 0 Å². The van der Waals surface area contributed by atoms with Gasteiger partial charge in [-0.3, -0.25) is 14.4 Å². The summed E-state index contributed by atoms with van der Waals surface area (Å²) in [6, 6.07) is -0.654. The number of aliphatic carboxylic acids is 1. The van der Waals surface area contributed by atoms with Gasteiger partial charge in [-0.2, -0.15) is 0 Å². The summed E-state index contributed by atoms with van der Waals surface area (Å²) < 4.78 is 0. The number of amides is 2. The van der Waals surface area contributed by atoms with Crippen LogP contribution < -0.4 is 10.6 Å². The average Bonchev–Trinajstić information content (AvgIpc) is 2.80. The lowest BCUT2D eigenvalue weighted by Crippen LogP contribution is -2.44. The van der Waals surface area contributed by atoms with Crippen molar-refractivity contribution < 1.29 is 19.5 Å². The molecule has 0 radical (unpaired) electrons. The molecule has 96 valence electrons. The number of carboxylic acids is 1. The van der Waals surface area contributed by atoms with Crippen molar-refractivity contribution in [2.75, 3.05) is 7.05 Å². The van der Waals surface area contributed by atoms with Crippen LogP contribution in [0.2, 0.25) is 0 Å². The Balaban J connectivity index is 2.62. The van der Waals surface area contributed by atoms with Gasteiger partial charge in [0, 0.05) is 7.05 Å². The molecular formula is C11H18N2O4. The highest BCUT2D eigenvalue weighted by Crippen LogP contribution is 2.58. The lowest BCUT2D eigenvalue weighted by Gasteiger charge is -2.12. The molecule has 0 spiro atoms. The molecule has 6 nitrogen and oxygen atoms in total. The Bertz CT molecular complexity index is 364. The molecule has 0 bridgehead atoms. The van der Waals surface area contributed by atoms with E-state index in [1.54, 1.807) is 20.8 Å². The van der Waals surface area contributed by atoms with Crippen LogP contribution in [0.25, 0.3) is 0 Å². The van der Waals surface area contributed by atoms with Crippen LogP contribution in [0.4, 0.5) is 0 Å². The van der Waals surface area contributed by atoms with Gasteiger partial charge in [0.25, 0.3) is 0 Å². The van der Waals surface area contributed by atoms with Gasteiger partial charge in [-0.15, -0.1) is 0 Å². The fourth-order valence-corrected chi connectivity index (χ4v) is 2.17. The van der Waals surface area contributed by atoms with E-state index in [9.17, 15) is 14.4 Å². The summed E-state index contributed by atoms with van der Waals surface area (Å²) in [5, 5.41) is 13.9. The molecule has 1 rings (SSSR count). The van der Waals surface area contributed by atoms with Gasteiger partial charge in [-0.25, -0.2) is 0 Å². The predicted octanol–water partition coefficient (Wildman–Crippen LogP) is -0.406. The Kier molecular flexibility index (Phi) is 3.45. The Morgan fingerprint density at radius 1 is 1.24 bits per heavy atom. The summed E-state index contributed by atoms with van der Waals surface area (Å²) in [7, 11) is 1.48. The van der Waals surface area contributed by atoms with Crippen molar-refractivity contribution >= 4 is 17.8 Å². The highest BCUT2D eigenvalue weighted by Gasteiger charge is 2.66. The third-order valence-corrected chi connectivity index (χ3v) is 3.37. The lowest BCUT2D eigenvalue weighted by atomic mass is 10.1. The molecule has 0 heterocycles. The molecule has 3 atom stereocenters. The van der Waals surface area contributed by atoms with Crippen LogP contribution in [-0.2, 0) is 14.4 Å². The largest absolute Gasteiger partial charge is 0.481 e. The third kappa shape index (κ3) is 2.40. The summed E-state index contributed by atoms with van der Waals surface area (Å²) in [5.41, 5.74) is -0.543. The van der Waals surface area contributed by atoms with Crippen molar-refractivity contribution in [1.29, 1.82) is 0 Å². The number of likely N-dealkylation sites (N-methyl/N-ethyl adjacent to an activating group) is 1.